The summed E-state index contributed by atoms with van der Waals surface area (Å²) in [5.74, 6) is 1.32. The van der Waals surface area contributed by atoms with Crippen LogP contribution in [0.4, 0.5) is 5.82 Å². The maximum Gasteiger partial charge on any atom is 0.147 e. The predicted octanol–water partition coefficient (Wildman–Crippen LogP) is 2.97. The Kier molecular flexibility index (Phi) is 8.14. The Morgan fingerprint density at radius 2 is 1.91 bits per heavy atom. The first-order chi connectivity index (χ1) is 14.6. The molecule has 1 aliphatic heterocycles. The third-order valence-electron chi connectivity index (χ3n) is 5.44. The molecule has 178 valence electrons. The van der Waals surface area contributed by atoms with Crippen molar-refractivity contribution < 1.29 is 9.84 Å². The van der Waals surface area contributed by atoms with Crippen LogP contribution < -0.4 is 15.4 Å². The van der Waals surface area contributed by atoms with Crippen molar-refractivity contribution in [2.24, 2.45) is 5.73 Å². The average molecular weight is 494 g/mol. The van der Waals surface area contributed by atoms with Crippen molar-refractivity contribution in [3.8, 4) is 23.1 Å². The maximum atomic E-state index is 9.98. The van der Waals surface area contributed by atoms with Gasteiger partial charge in [0.2, 0.25) is 0 Å². The minimum Gasteiger partial charge on any atom is -0.489 e. The van der Waals surface area contributed by atoms with Crippen LogP contribution in [-0.4, -0.2) is 55.5 Å². The van der Waals surface area contributed by atoms with Gasteiger partial charge in [-0.1, -0.05) is 0 Å². The van der Waals surface area contributed by atoms with Crippen LogP contribution in [-0.2, 0) is 0 Å². The molecule has 0 aliphatic carbocycles. The molecule has 0 aromatic carbocycles. The van der Waals surface area contributed by atoms with Crippen molar-refractivity contribution in [1.82, 2.24) is 19.6 Å². The van der Waals surface area contributed by atoms with Crippen LogP contribution in [0.5, 0.6) is 5.75 Å². The highest BCUT2D eigenvalue weighted by atomic mass is 35.5. The number of halogens is 2. The predicted molar refractivity (Wildman–Crippen MR) is 131 cm³/mol. The van der Waals surface area contributed by atoms with Gasteiger partial charge >= 0.3 is 0 Å². The van der Waals surface area contributed by atoms with E-state index in [0.717, 1.165) is 31.7 Å². The van der Waals surface area contributed by atoms with Crippen LogP contribution in [0.3, 0.4) is 0 Å². The number of rotatable bonds is 5. The number of piperidine rings is 1. The zero-order valence-electron chi connectivity index (χ0n) is 18.9. The van der Waals surface area contributed by atoms with Gasteiger partial charge in [-0.2, -0.15) is 10.4 Å². The molecule has 0 radical (unpaired) electrons. The van der Waals surface area contributed by atoms with E-state index in [1.807, 2.05) is 0 Å². The molecule has 33 heavy (non-hydrogen) atoms. The van der Waals surface area contributed by atoms with Crippen LogP contribution in [0.15, 0.2) is 30.9 Å². The molecule has 4 heterocycles. The monoisotopic (exact) mass is 493 g/mol. The second-order valence-electron chi connectivity index (χ2n) is 9.05. The van der Waals surface area contributed by atoms with E-state index < -0.39 is 5.60 Å². The average Bonchev–Trinajstić information content (AvgIpc) is 3.14. The van der Waals surface area contributed by atoms with Crippen LogP contribution in [0.1, 0.15) is 39.2 Å². The third kappa shape index (κ3) is 6.03. The summed E-state index contributed by atoms with van der Waals surface area (Å²) in [6.45, 7) is 7.22. The van der Waals surface area contributed by atoms with E-state index in [0.29, 0.717) is 28.1 Å². The third-order valence-corrected chi connectivity index (χ3v) is 5.44. The second-order valence-corrected chi connectivity index (χ2v) is 9.05. The first-order valence-corrected chi connectivity index (χ1v) is 10.3. The highest BCUT2D eigenvalue weighted by Crippen LogP contribution is 2.31. The summed E-state index contributed by atoms with van der Waals surface area (Å²) in [7, 11) is 0. The smallest absolute Gasteiger partial charge is 0.147 e. The first kappa shape index (κ1) is 26.6. The van der Waals surface area contributed by atoms with E-state index in [1.165, 1.54) is 6.20 Å². The Hall–Kier alpha value is -2.64. The van der Waals surface area contributed by atoms with Gasteiger partial charge in [0.05, 0.1) is 47.2 Å². The zero-order chi connectivity index (χ0) is 22.2. The summed E-state index contributed by atoms with van der Waals surface area (Å²) < 4.78 is 7.35. The van der Waals surface area contributed by atoms with Crippen molar-refractivity contribution in [3.63, 3.8) is 0 Å². The van der Waals surface area contributed by atoms with Gasteiger partial charge in [0.1, 0.15) is 24.2 Å². The summed E-state index contributed by atoms with van der Waals surface area (Å²) in [5, 5.41) is 23.8. The number of aromatic nitrogens is 4. The summed E-state index contributed by atoms with van der Waals surface area (Å²) in [6, 6.07) is 3.97. The molecule has 9 nitrogen and oxygen atoms in total. The van der Waals surface area contributed by atoms with E-state index in [2.05, 4.69) is 33.0 Å². The standard InChI is InChI=1S/C22H27N7O2.2ClH/c1-21(2,30)14-31-16-8-17(20-15(9-23)10-27-29(20)13-16)18-11-26-19(12-25-18)28-6-4-22(3,24)5-7-28;;/h8,10-13,30H,4-7,14,24H2,1-3H3;2*1H. The van der Waals surface area contributed by atoms with Crippen LogP contribution in [0.2, 0.25) is 0 Å². The molecular weight excluding hydrogens is 465 g/mol. The normalized spacial score (nSPS) is 15.3. The number of ether oxygens (including phenoxy) is 1. The Balaban J connectivity index is 0.00000193. The number of anilines is 1. The quantitative estimate of drug-likeness (QED) is 0.555. The van der Waals surface area contributed by atoms with Crippen LogP contribution in [0.25, 0.3) is 16.8 Å². The largest absolute Gasteiger partial charge is 0.489 e. The van der Waals surface area contributed by atoms with Gasteiger partial charge in [0, 0.05) is 24.2 Å². The molecule has 0 spiro atoms. The summed E-state index contributed by atoms with van der Waals surface area (Å²) in [6.07, 6.45) is 8.45. The summed E-state index contributed by atoms with van der Waals surface area (Å²) in [4.78, 5) is 11.4. The molecule has 4 rings (SSSR count). The Bertz CT molecular complexity index is 1120. The van der Waals surface area contributed by atoms with E-state index in [-0.39, 0.29) is 37.0 Å². The van der Waals surface area contributed by atoms with Gasteiger partial charge in [-0.05, 0) is 39.7 Å². The summed E-state index contributed by atoms with van der Waals surface area (Å²) in [5.41, 5.74) is 7.49. The summed E-state index contributed by atoms with van der Waals surface area (Å²) >= 11 is 0. The number of nitrogens with two attached hydrogens (primary N) is 1. The van der Waals surface area contributed by atoms with Gasteiger partial charge in [0.15, 0.2) is 0 Å². The van der Waals surface area contributed by atoms with Gasteiger partial charge < -0.3 is 20.5 Å². The topological polar surface area (TPSA) is 126 Å². The lowest BCUT2D eigenvalue weighted by Gasteiger charge is -2.37. The number of pyridine rings is 1. The lowest BCUT2D eigenvalue weighted by Crippen LogP contribution is -2.48. The Labute approximate surface area is 205 Å². The molecule has 11 heteroatoms. The lowest BCUT2D eigenvalue weighted by atomic mass is 9.91. The maximum absolute atomic E-state index is 9.98. The van der Waals surface area contributed by atoms with E-state index in [9.17, 15) is 10.4 Å². The van der Waals surface area contributed by atoms with Crippen LogP contribution >= 0.6 is 24.8 Å². The molecule has 0 atom stereocenters. The minimum atomic E-state index is -0.980. The molecule has 1 fully saturated rings. The van der Waals surface area contributed by atoms with Crippen molar-refractivity contribution in [1.29, 1.82) is 5.26 Å². The fourth-order valence-electron chi connectivity index (χ4n) is 3.58. The molecule has 3 aromatic rings. The highest BCUT2D eigenvalue weighted by Gasteiger charge is 2.26. The number of hydrogen-bond donors (Lipinski definition) is 2. The molecule has 3 aromatic heterocycles. The van der Waals surface area contributed by atoms with Crippen molar-refractivity contribution in [2.75, 3.05) is 24.6 Å². The molecule has 0 bridgehead atoms. The fraction of sp³-hybridized carbons (Fsp3) is 0.455. The first-order valence-electron chi connectivity index (χ1n) is 10.3. The van der Waals surface area contributed by atoms with E-state index >= 15 is 0 Å². The van der Waals surface area contributed by atoms with Gasteiger partial charge in [0.25, 0.3) is 0 Å². The molecular formula is C22H29Cl2N7O2. The number of fused-ring (bicyclic) bond motifs is 1. The molecule has 3 N–H and O–H groups in total. The minimum absolute atomic E-state index is 0. The van der Waals surface area contributed by atoms with Gasteiger partial charge in [-0.25, -0.2) is 9.50 Å². The van der Waals surface area contributed by atoms with Crippen molar-refractivity contribution in [2.45, 2.75) is 44.8 Å². The highest BCUT2D eigenvalue weighted by molar-refractivity contribution is 5.85. The number of nitrogens with zero attached hydrogens (tertiary/aromatic N) is 6. The SMILES string of the molecule is CC(C)(O)COc1cc(-c2cnc(N3CCC(C)(N)CC3)cn2)c2c(C#N)cnn2c1.Cl.Cl. The fourth-order valence-corrected chi connectivity index (χ4v) is 3.58. The number of aliphatic hydroxyl groups is 1. The number of nitriles is 1. The van der Waals surface area contributed by atoms with Gasteiger partial charge in [-0.15, -0.1) is 24.8 Å². The molecule has 0 unspecified atom stereocenters. The Morgan fingerprint density at radius 1 is 1.21 bits per heavy atom. The number of hydrogen-bond acceptors (Lipinski definition) is 8. The van der Waals surface area contributed by atoms with Crippen molar-refractivity contribution in [3.05, 3.63) is 36.4 Å². The molecule has 1 aliphatic rings. The Morgan fingerprint density at radius 3 is 2.48 bits per heavy atom. The van der Waals surface area contributed by atoms with Gasteiger partial charge in [-0.3, -0.25) is 4.98 Å². The van der Waals surface area contributed by atoms with E-state index in [1.54, 1.807) is 43.0 Å². The second kappa shape index (κ2) is 10.1. The van der Waals surface area contributed by atoms with E-state index in [4.69, 9.17) is 10.5 Å². The lowest BCUT2D eigenvalue weighted by molar-refractivity contribution is 0.0283. The molecule has 0 amide bonds. The zero-order valence-corrected chi connectivity index (χ0v) is 20.5. The van der Waals surface area contributed by atoms with Crippen molar-refractivity contribution >= 4 is 36.1 Å². The molecule has 0 saturated carbocycles. The molecule has 1 saturated heterocycles. The van der Waals surface area contributed by atoms with Crippen LogP contribution in [0, 0.1) is 11.3 Å².